The van der Waals surface area contributed by atoms with Gasteiger partial charge in [-0.25, -0.2) is 8.78 Å². The molecular formula is C22H24F4O. The summed E-state index contributed by atoms with van der Waals surface area (Å²) in [4.78, 5) is 0. The van der Waals surface area contributed by atoms with Crippen LogP contribution in [0, 0.1) is 17.6 Å². The van der Waals surface area contributed by atoms with E-state index in [2.05, 4.69) is 11.7 Å². The molecule has 0 unspecified atom stereocenters. The molecule has 0 amide bonds. The normalized spacial score (nSPS) is 20.1. The molecule has 0 radical (unpaired) electrons. The van der Waals surface area contributed by atoms with Crippen molar-refractivity contribution in [3.63, 3.8) is 0 Å². The summed E-state index contributed by atoms with van der Waals surface area (Å²) in [6.07, 6.45) is 5.40. The van der Waals surface area contributed by atoms with Crippen LogP contribution in [0.4, 0.5) is 17.6 Å². The molecular weight excluding hydrogens is 356 g/mol. The van der Waals surface area contributed by atoms with Crippen LogP contribution in [0.1, 0.15) is 61.6 Å². The second kappa shape index (κ2) is 8.77. The fourth-order valence-electron chi connectivity index (χ4n) is 3.92. The molecule has 0 saturated heterocycles. The third-order valence-corrected chi connectivity index (χ3v) is 5.59. The molecule has 5 heteroatoms. The predicted molar refractivity (Wildman–Crippen MR) is 97.2 cm³/mol. The lowest BCUT2D eigenvalue weighted by Gasteiger charge is -2.28. The first-order valence-corrected chi connectivity index (χ1v) is 9.47. The van der Waals surface area contributed by atoms with Gasteiger partial charge in [0.2, 0.25) is 0 Å². The van der Waals surface area contributed by atoms with Crippen LogP contribution in [-0.4, -0.2) is 6.61 Å². The van der Waals surface area contributed by atoms with Gasteiger partial charge in [-0.3, -0.25) is 0 Å². The quantitative estimate of drug-likeness (QED) is 0.499. The number of rotatable bonds is 6. The van der Waals surface area contributed by atoms with Crippen LogP contribution in [0.3, 0.4) is 0 Å². The van der Waals surface area contributed by atoms with Gasteiger partial charge in [-0.1, -0.05) is 25.5 Å². The third-order valence-electron chi connectivity index (χ3n) is 5.59. The fourth-order valence-corrected chi connectivity index (χ4v) is 3.92. The first-order chi connectivity index (χ1) is 13.0. The molecule has 0 spiro atoms. The summed E-state index contributed by atoms with van der Waals surface area (Å²) < 4.78 is 57.8. The van der Waals surface area contributed by atoms with Crippen LogP contribution in [0.2, 0.25) is 0 Å². The Morgan fingerprint density at radius 3 is 2.07 bits per heavy atom. The SMILES string of the molecule is CCC1CCC(c2cc(F)c(Cc3ccc(OC(F)F)cc3)c(F)c2)CC1. The Bertz CT molecular complexity index is 726. The third kappa shape index (κ3) is 5.02. The van der Waals surface area contributed by atoms with Crippen molar-refractivity contribution in [3.8, 4) is 5.75 Å². The standard InChI is InChI=1S/C22H24F4O/c1-2-14-3-7-16(8-4-14)17-12-20(23)19(21(24)13-17)11-15-5-9-18(10-6-15)27-22(25)26/h5-6,9-10,12-14,16,22H,2-4,7-8,11H2,1H3. The van der Waals surface area contributed by atoms with Crippen LogP contribution in [0.15, 0.2) is 36.4 Å². The molecule has 1 saturated carbocycles. The Morgan fingerprint density at radius 1 is 0.963 bits per heavy atom. The van der Waals surface area contributed by atoms with E-state index in [1.165, 1.54) is 36.4 Å². The maximum Gasteiger partial charge on any atom is 0.387 e. The number of hydrogen-bond acceptors (Lipinski definition) is 1. The van der Waals surface area contributed by atoms with E-state index in [0.717, 1.165) is 43.6 Å². The maximum absolute atomic E-state index is 14.6. The largest absolute Gasteiger partial charge is 0.435 e. The smallest absolute Gasteiger partial charge is 0.387 e. The van der Waals surface area contributed by atoms with Crippen LogP contribution in [0.25, 0.3) is 0 Å². The van der Waals surface area contributed by atoms with Gasteiger partial charge in [0.15, 0.2) is 0 Å². The highest BCUT2D eigenvalue weighted by Gasteiger charge is 2.23. The van der Waals surface area contributed by atoms with Gasteiger partial charge in [0, 0.05) is 12.0 Å². The van der Waals surface area contributed by atoms with E-state index in [9.17, 15) is 17.6 Å². The predicted octanol–water partition coefficient (Wildman–Crippen LogP) is 6.84. The lowest BCUT2D eigenvalue weighted by Crippen LogP contribution is -2.13. The number of alkyl halides is 2. The lowest BCUT2D eigenvalue weighted by atomic mass is 9.77. The summed E-state index contributed by atoms with van der Waals surface area (Å²) in [5, 5.41) is 0. The van der Waals surface area contributed by atoms with Gasteiger partial charge < -0.3 is 4.74 Å². The molecule has 2 aromatic rings. The Morgan fingerprint density at radius 2 is 1.56 bits per heavy atom. The molecule has 1 fully saturated rings. The van der Waals surface area contributed by atoms with Crippen molar-refractivity contribution in [2.45, 2.75) is 58.0 Å². The number of hydrogen-bond donors (Lipinski definition) is 0. The summed E-state index contributed by atoms with van der Waals surface area (Å²) in [6.45, 7) is -0.712. The first-order valence-electron chi connectivity index (χ1n) is 9.47. The van der Waals surface area contributed by atoms with Crippen LogP contribution in [-0.2, 0) is 6.42 Å². The van der Waals surface area contributed by atoms with E-state index in [0.29, 0.717) is 5.56 Å². The van der Waals surface area contributed by atoms with Crippen molar-refractivity contribution in [2.75, 3.05) is 0 Å². The van der Waals surface area contributed by atoms with Gasteiger partial charge >= 0.3 is 6.61 Å². The summed E-state index contributed by atoms with van der Waals surface area (Å²) in [5.74, 6) is -0.123. The molecule has 146 valence electrons. The van der Waals surface area contributed by atoms with Crippen LogP contribution < -0.4 is 4.74 Å². The van der Waals surface area contributed by atoms with Crippen molar-refractivity contribution >= 4 is 0 Å². The number of ether oxygens (including phenoxy) is 1. The topological polar surface area (TPSA) is 9.23 Å². The summed E-state index contributed by atoms with van der Waals surface area (Å²) in [7, 11) is 0. The number of benzene rings is 2. The van der Waals surface area contributed by atoms with E-state index in [1.807, 2.05) is 0 Å². The minimum atomic E-state index is -2.90. The van der Waals surface area contributed by atoms with Crippen molar-refractivity contribution in [1.82, 2.24) is 0 Å². The molecule has 0 heterocycles. The molecule has 3 rings (SSSR count). The first kappa shape index (κ1) is 19.7. The molecule has 27 heavy (non-hydrogen) atoms. The van der Waals surface area contributed by atoms with Gasteiger partial charge in [0.25, 0.3) is 0 Å². The Labute approximate surface area is 157 Å². The minimum Gasteiger partial charge on any atom is -0.435 e. The van der Waals surface area contributed by atoms with E-state index in [1.54, 1.807) is 0 Å². The Hall–Kier alpha value is -2.04. The van der Waals surface area contributed by atoms with Gasteiger partial charge in [0.05, 0.1) is 0 Å². The van der Waals surface area contributed by atoms with Crippen molar-refractivity contribution in [3.05, 3.63) is 64.7 Å². The van der Waals surface area contributed by atoms with E-state index in [4.69, 9.17) is 0 Å². The lowest BCUT2D eigenvalue weighted by molar-refractivity contribution is -0.0498. The fraction of sp³-hybridized carbons (Fsp3) is 0.455. The molecule has 0 N–H and O–H groups in total. The highest BCUT2D eigenvalue weighted by atomic mass is 19.3. The highest BCUT2D eigenvalue weighted by molar-refractivity contribution is 5.35. The molecule has 0 aliphatic heterocycles. The van der Waals surface area contributed by atoms with Crippen LogP contribution >= 0.6 is 0 Å². The van der Waals surface area contributed by atoms with E-state index >= 15 is 0 Å². The van der Waals surface area contributed by atoms with E-state index in [-0.39, 0.29) is 23.7 Å². The van der Waals surface area contributed by atoms with Crippen molar-refractivity contribution < 1.29 is 22.3 Å². The zero-order valence-corrected chi connectivity index (χ0v) is 15.4. The molecule has 0 aromatic heterocycles. The van der Waals surface area contributed by atoms with Crippen LogP contribution in [0.5, 0.6) is 5.75 Å². The highest BCUT2D eigenvalue weighted by Crippen LogP contribution is 2.38. The Balaban J connectivity index is 1.71. The zero-order valence-electron chi connectivity index (χ0n) is 15.4. The average Bonchev–Trinajstić information content (AvgIpc) is 2.65. The Kier molecular flexibility index (Phi) is 6.40. The van der Waals surface area contributed by atoms with Gasteiger partial charge in [-0.05, 0) is 72.9 Å². The molecule has 1 aliphatic rings. The average molecular weight is 380 g/mol. The van der Waals surface area contributed by atoms with Crippen molar-refractivity contribution in [1.29, 1.82) is 0 Å². The van der Waals surface area contributed by atoms with Gasteiger partial charge in [-0.15, -0.1) is 0 Å². The van der Waals surface area contributed by atoms with Gasteiger partial charge in [-0.2, -0.15) is 8.78 Å². The molecule has 0 atom stereocenters. The minimum absolute atomic E-state index is 0.00326. The van der Waals surface area contributed by atoms with E-state index < -0.39 is 18.2 Å². The molecule has 1 nitrogen and oxygen atoms in total. The summed E-state index contributed by atoms with van der Waals surface area (Å²) in [5.41, 5.74) is 1.37. The monoisotopic (exact) mass is 380 g/mol. The second-order valence-corrected chi connectivity index (χ2v) is 7.29. The second-order valence-electron chi connectivity index (χ2n) is 7.29. The van der Waals surface area contributed by atoms with Gasteiger partial charge in [0.1, 0.15) is 17.4 Å². The summed E-state index contributed by atoms with van der Waals surface area (Å²) >= 11 is 0. The molecule has 2 aromatic carbocycles. The number of halogens is 4. The molecule has 1 aliphatic carbocycles. The maximum atomic E-state index is 14.6. The summed E-state index contributed by atoms with van der Waals surface area (Å²) in [6, 6.07) is 8.75. The van der Waals surface area contributed by atoms with Crippen molar-refractivity contribution in [2.24, 2.45) is 5.92 Å². The molecule has 0 bridgehead atoms. The zero-order chi connectivity index (χ0) is 19.4.